The summed E-state index contributed by atoms with van der Waals surface area (Å²) in [4.78, 5) is 27.9. The van der Waals surface area contributed by atoms with Crippen molar-refractivity contribution in [2.24, 2.45) is 0 Å². The van der Waals surface area contributed by atoms with Crippen molar-refractivity contribution in [3.63, 3.8) is 0 Å². The summed E-state index contributed by atoms with van der Waals surface area (Å²) in [5.41, 5.74) is 0.287. The van der Waals surface area contributed by atoms with Crippen LogP contribution in [0.15, 0.2) is 21.9 Å². The van der Waals surface area contributed by atoms with Gasteiger partial charge in [-0.15, -0.1) is 31.9 Å². The monoisotopic (exact) mass is 430 g/mol. The number of thiophene rings is 2. The van der Waals surface area contributed by atoms with Crippen molar-refractivity contribution < 1.29 is 22.8 Å². The van der Waals surface area contributed by atoms with E-state index in [4.69, 9.17) is 0 Å². The SMILES string of the molecule is CN1C(=O)/C(=C(\c2scc(F)c2P)N(C)C)C(C=O)=C1c1scc(F)c1F. The summed E-state index contributed by atoms with van der Waals surface area (Å²) in [5, 5.41) is 2.53. The van der Waals surface area contributed by atoms with Gasteiger partial charge in [0, 0.05) is 37.2 Å². The van der Waals surface area contributed by atoms with Crippen molar-refractivity contribution in [2.75, 3.05) is 21.1 Å². The molecule has 3 heterocycles. The Morgan fingerprint density at radius 3 is 2.26 bits per heavy atom. The molecule has 10 heteroatoms. The van der Waals surface area contributed by atoms with Gasteiger partial charge < -0.3 is 9.80 Å². The number of likely N-dealkylation sites (N-methyl/N-ethyl adjacent to an activating group) is 1. The Kier molecular flexibility index (Phi) is 5.29. The second-order valence-electron chi connectivity index (χ2n) is 5.92. The molecule has 0 saturated heterocycles. The maximum Gasteiger partial charge on any atom is 0.261 e. The van der Waals surface area contributed by atoms with Crippen molar-refractivity contribution in [3.05, 3.63) is 49.1 Å². The fourth-order valence-electron chi connectivity index (χ4n) is 2.85. The average Bonchev–Trinajstić information content (AvgIpc) is 3.20. The molecule has 2 aromatic rings. The Morgan fingerprint density at radius 1 is 1.19 bits per heavy atom. The van der Waals surface area contributed by atoms with Crippen LogP contribution in [0.3, 0.4) is 0 Å². The quantitative estimate of drug-likeness (QED) is 0.425. The third-order valence-electron chi connectivity index (χ3n) is 4.08. The molecule has 0 bridgehead atoms. The molecule has 4 nitrogen and oxygen atoms in total. The summed E-state index contributed by atoms with van der Waals surface area (Å²) in [7, 11) is 6.97. The highest BCUT2D eigenvalue weighted by Gasteiger charge is 2.39. The van der Waals surface area contributed by atoms with Crippen molar-refractivity contribution in [1.29, 1.82) is 0 Å². The lowest BCUT2D eigenvalue weighted by molar-refractivity contribution is -0.122. The zero-order valence-corrected chi connectivity index (χ0v) is 17.3. The standard InChI is InChI=1S/C17H14F3N2O2PS2/c1-21(2)13(16-14(25)9(19)6-27-16)10-7(4-23)12(22(3)17(10)24)15-11(20)8(18)5-26-15/h4-6H,25H2,1-3H3/b13-10+. The average molecular weight is 430 g/mol. The molecule has 1 unspecified atom stereocenters. The molecule has 2 aromatic heterocycles. The summed E-state index contributed by atoms with van der Waals surface area (Å²) in [6.07, 6.45) is 0.444. The van der Waals surface area contributed by atoms with E-state index in [-0.39, 0.29) is 27.0 Å². The van der Waals surface area contributed by atoms with E-state index in [1.807, 2.05) is 0 Å². The molecule has 27 heavy (non-hydrogen) atoms. The highest BCUT2D eigenvalue weighted by Crippen LogP contribution is 2.42. The Hall–Kier alpha value is -1.96. The molecule has 0 saturated carbocycles. The number of aldehydes is 1. The van der Waals surface area contributed by atoms with Gasteiger partial charge in [-0.2, -0.15) is 0 Å². The number of amides is 1. The van der Waals surface area contributed by atoms with E-state index in [9.17, 15) is 22.8 Å². The number of nitrogens with zero attached hydrogens (tertiary/aromatic N) is 2. The third-order valence-corrected chi connectivity index (χ3v) is 6.76. The summed E-state index contributed by atoms with van der Waals surface area (Å²) in [5.74, 6) is -3.17. The van der Waals surface area contributed by atoms with Crippen LogP contribution in [0.1, 0.15) is 9.75 Å². The maximum atomic E-state index is 14.2. The highest BCUT2D eigenvalue weighted by molar-refractivity contribution is 7.30. The van der Waals surface area contributed by atoms with Gasteiger partial charge in [0.05, 0.1) is 32.3 Å². The van der Waals surface area contributed by atoms with E-state index < -0.39 is 23.4 Å². The minimum Gasteiger partial charge on any atom is -0.376 e. The van der Waals surface area contributed by atoms with Crippen LogP contribution in [0.2, 0.25) is 0 Å². The molecule has 0 spiro atoms. The summed E-state index contributed by atoms with van der Waals surface area (Å²) in [6.45, 7) is 0. The smallest absolute Gasteiger partial charge is 0.261 e. The highest BCUT2D eigenvalue weighted by atomic mass is 32.1. The molecule has 1 amide bonds. The van der Waals surface area contributed by atoms with E-state index in [1.54, 1.807) is 19.0 Å². The van der Waals surface area contributed by atoms with Crippen molar-refractivity contribution >= 4 is 60.8 Å². The summed E-state index contributed by atoms with van der Waals surface area (Å²) >= 11 is 1.85. The topological polar surface area (TPSA) is 40.6 Å². The van der Waals surface area contributed by atoms with Crippen molar-refractivity contribution in [3.8, 4) is 0 Å². The van der Waals surface area contributed by atoms with Gasteiger partial charge in [-0.3, -0.25) is 9.59 Å². The molecule has 1 aliphatic heterocycles. The zero-order valence-electron chi connectivity index (χ0n) is 14.5. The Bertz CT molecular complexity index is 1020. The van der Waals surface area contributed by atoms with Gasteiger partial charge in [0.15, 0.2) is 17.9 Å². The van der Waals surface area contributed by atoms with E-state index in [2.05, 4.69) is 9.24 Å². The first-order valence-corrected chi connectivity index (χ1v) is 9.89. The summed E-state index contributed by atoms with van der Waals surface area (Å²) in [6, 6.07) is 0. The van der Waals surface area contributed by atoms with E-state index in [0.29, 0.717) is 16.9 Å². The lowest BCUT2D eigenvalue weighted by Crippen LogP contribution is -2.24. The number of hydrogen-bond donors (Lipinski definition) is 0. The van der Waals surface area contributed by atoms with Crippen LogP contribution in [0.25, 0.3) is 11.4 Å². The van der Waals surface area contributed by atoms with Crippen LogP contribution in [0.4, 0.5) is 13.2 Å². The van der Waals surface area contributed by atoms with Gasteiger partial charge in [0.1, 0.15) is 5.82 Å². The first-order valence-electron chi connectivity index (χ1n) is 7.55. The fourth-order valence-corrected chi connectivity index (χ4v) is 5.25. The summed E-state index contributed by atoms with van der Waals surface area (Å²) < 4.78 is 41.6. The molecule has 1 aliphatic rings. The van der Waals surface area contributed by atoms with Crippen LogP contribution in [-0.4, -0.2) is 43.1 Å². The predicted octanol–water partition coefficient (Wildman–Crippen LogP) is 3.08. The molecule has 0 aromatic carbocycles. The minimum absolute atomic E-state index is 0.00177. The zero-order chi connectivity index (χ0) is 20.0. The number of carbonyl (C=O) groups is 2. The van der Waals surface area contributed by atoms with Crippen LogP contribution in [0.5, 0.6) is 0 Å². The van der Waals surface area contributed by atoms with Gasteiger partial charge in [0.25, 0.3) is 5.91 Å². The lowest BCUT2D eigenvalue weighted by Gasteiger charge is -2.20. The number of carbonyl (C=O) groups excluding carboxylic acids is 2. The predicted molar refractivity (Wildman–Crippen MR) is 104 cm³/mol. The number of hydrogen-bond acceptors (Lipinski definition) is 5. The molecule has 0 N–H and O–H groups in total. The van der Waals surface area contributed by atoms with Gasteiger partial charge in [-0.05, 0) is 0 Å². The fraction of sp³-hybridized carbons (Fsp3) is 0.176. The molecular formula is C17H14F3N2O2PS2. The van der Waals surface area contributed by atoms with Gasteiger partial charge >= 0.3 is 0 Å². The Labute approximate surface area is 163 Å². The van der Waals surface area contributed by atoms with Crippen molar-refractivity contribution in [2.45, 2.75) is 0 Å². The Morgan fingerprint density at radius 2 is 1.81 bits per heavy atom. The number of halogens is 3. The first kappa shape index (κ1) is 19.8. The number of rotatable bonds is 4. The van der Waals surface area contributed by atoms with Gasteiger partial charge in [0.2, 0.25) is 0 Å². The van der Waals surface area contributed by atoms with Gasteiger partial charge in [-0.25, -0.2) is 13.2 Å². The molecule has 0 fully saturated rings. The van der Waals surface area contributed by atoms with Crippen LogP contribution in [-0.2, 0) is 9.59 Å². The second kappa shape index (κ2) is 7.22. The van der Waals surface area contributed by atoms with Crippen LogP contribution in [0, 0.1) is 17.5 Å². The maximum absolute atomic E-state index is 14.2. The molecule has 0 aliphatic carbocycles. The van der Waals surface area contributed by atoms with Crippen LogP contribution >= 0.6 is 31.9 Å². The lowest BCUT2D eigenvalue weighted by atomic mass is 10.0. The van der Waals surface area contributed by atoms with Crippen LogP contribution < -0.4 is 5.30 Å². The molecular weight excluding hydrogens is 416 g/mol. The van der Waals surface area contributed by atoms with Gasteiger partial charge in [-0.1, -0.05) is 0 Å². The molecule has 0 radical (unpaired) electrons. The third kappa shape index (κ3) is 3.03. The van der Waals surface area contributed by atoms with E-state index >= 15 is 0 Å². The first-order chi connectivity index (χ1) is 12.7. The Balaban J connectivity index is 2.37. The van der Waals surface area contributed by atoms with Crippen molar-refractivity contribution in [1.82, 2.24) is 9.80 Å². The largest absolute Gasteiger partial charge is 0.376 e. The molecule has 3 rings (SSSR count). The van der Waals surface area contributed by atoms with E-state index in [1.165, 1.54) is 12.4 Å². The minimum atomic E-state index is -1.12. The normalized spacial score (nSPS) is 16.4. The molecule has 142 valence electrons. The second-order valence-corrected chi connectivity index (χ2v) is 8.25. The van der Waals surface area contributed by atoms with E-state index in [0.717, 1.165) is 33.0 Å². The molecule has 1 atom stereocenters.